The zero-order chi connectivity index (χ0) is 30.2. The number of aliphatic carboxylic acids is 1. The first-order valence-corrected chi connectivity index (χ1v) is 14.4. The molecule has 4 aromatic carbocycles. The van der Waals surface area contributed by atoms with E-state index in [9.17, 15) is 14.4 Å². The van der Waals surface area contributed by atoms with E-state index in [-0.39, 0.29) is 16.8 Å². The van der Waals surface area contributed by atoms with E-state index in [1.54, 1.807) is 36.4 Å². The highest BCUT2D eigenvalue weighted by Crippen LogP contribution is 2.35. The number of benzene rings is 4. The van der Waals surface area contributed by atoms with Gasteiger partial charge in [-0.25, -0.2) is 0 Å². The molecule has 2 amide bonds. The number of carbonyl (C=O) groups excluding carboxylic acids is 2. The molecule has 0 aromatic heterocycles. The van der Waals surface area contributed by atoms with Crippen LogP contribution in [0.4, 0.5) is 5.69 Å². The van der Waals surface area contributed by atoms with Crippen molar-refractivity contribution in [1.82, 2.24) is 4.90 Å². The quantitative estimate of drug-likeness (QED) is 0.149. The molecule has 0 radical (unpaired) electrons. The third-order valence-corrected chi connectivity index (χ3v) is 7.72. The van der Waals surface area contributed by atoms with Crippen LogP contribution in [0.3, 0.4) is 0 Å². The fraction of sp³-hybridized carbons (Fsp3) is 0.0909. The lowest BCUT2D eigenvalue weighted by molar-refractivity contribution is -0.140. The van der Waals surface area contributed by atoms with E-state index in [0.29, 0.717) is 45.4 Å². The fourth-order valence-electron chi connectivity index (χ4n) is 4.25. The molecule has 0 unspecified atom stereocenters. The number of anilines is 1. The first kappa shape index (κ1) is 29.6. The van der Waals surface area contributed by atoms with Crippen LogP contribution in [0.2, 0.25) is 0 Å². The number of hydrogen-bond donors (Lipinski definition) is 2. The van der Waals surface area contributed by atoms with Crippen LogP contribution in [0.15, 0.2) is 108 Å². The van der Waals surface area contributed by atoms with Crippen LogP contribution in [0.25, 0.3) is 6.08 Å². The minimum atomic E-state index is -1.15. The molecule has 1 saturated heterocycles. The van der Waals surface area contributed by atoms with E-state index in [4.69, 9.17) is 26.8 Å². The number of hydrogen-bond acceptors (Lipinski definition) is 7. The molecule has 10 heteroatoms. The van der Waals surface area contributed by atoms with Gasteiger partial charge >= 0.3 is 5.97 Å². The molecule has 0 bridgehead atoms. The smallest absolute Gasteiger partial charge is 0.323 e. The maximum absolute atomic E-state index is 13.1. The first-order chi connectivity index (χ1) is 20.9. The van der Waals surface area contributed by atoms with Crippen molar-refractivity contribution < 1.29 is 29.0 Å². The summed E-state index contributed by atoms with van der Waals surface area (Å²) in [6.07, 6.45) is 1.64. The molecule has 0 spiro atoms. The molecule has 0 saturated carbocycles. The molecule has 0 aliphatic carbocycles. The summed E-state index contributed by atoms with van der Waals surface area (Å²) in [5.41, 5.74) is 3.43. The Morgan fingerprint density at radius 3 is 2.28 bits per heavy atom. The number of carbonyl (C=O) groups is 3. The molecule has 43 heavy (non-hydrogen) atoms. The van der Waals surface area contributed by atoms with Gasteiger partial charge in [0.15, 0.2) is 11.5 Å². The van der Waals surface area contributed by atoms with Crippen molar-refractivity contribution in [2.24, 2.45) is 0 Å². The highest BCUT2D eigenvalue weighted by atomic mass is 32.2. The summed E-state index contributed by atoms with van der Waals surface area (Å²) >= 11 is 6.25. The number of amides is 2. The van der Waals surface area contributed by atoms with Gasteiger partial charge in [-0.2, -0.15) is 0 Å². The number of nitrogens with one attached hydrogen (secondary N) is 1. The lowest BCUT2D eigenvalue weighted by Crippen LogP contribution is -2.33. The number of ether oxygens (including phenoxy) is 2. The second kappa shape index (κ2) is 13.8. The van der Waals surface area contributed by atoms with Gasteiger partial charge in [-0.15, -0.1) is 0 Å². The van der Waals surface area contributed by atoms with Crippen molar-refractivity contribution in [3.05, 3.63) is 130 Å². The molecule has 4 aromatic rings. The number of carboxylic acid groups (broad SMARTS) is 1. The van der Waals surface area contributed by atoms with E-state index < -0.39 is 18.4 Å². The maximum atomic E-state index is 13.1. The molecule has 1 aliphatic heterocycles. The first-order valence-electron chi connectivity index (χ1n) is 13.2. The average molecular weight is 611 g/mol. The third kappa shape index (κ3) is 7.68. The summed E-state index contributed by atoms with van der Waals surface area (Å²) in [6, 6.07) is 31.3. The molecule has 1 fully saturated rings. The fourth-order valence-corrected chi connectivity index (χ4v) is 5.50. The van der Waals surface area contributed by atoms with Crippen LogP contribution < -0.4 is 14.8 Å². The lowest BCUT2D eigenvalue weighted by atomic mass is 10.1. The van der Waals surface area contributed by atoms with E-state index in [1.165, 1.54) is 0 Å². The Balaban J connectivity index is 1.39. The minimum Gasteiger partial charge on any atom is -0.485 e. The van der Waals surface area contributed by atoms with Gasteiger partial charge in [-0.3, -0.25) is 19.3 Å². The molecular weight excluding hydrogens is 585 g/mol. The van der Waals surface area contributed by atoms with Gasteiger partial charge in [-0.1, -0.05) is 96.8 Å². The topological polar surface area (TPSA) is 105 Å². The van der Waals surface area contributed by atoms with Gasteiger partial charge < -0.3 is 19.9 Å². The van der Waals surface area contributed by atoms with Gasteiger partial charge in [0.25, 0.3) is 11.8 Å². The van der Waals surface area contributed by atoms with Crippen LogP contribution >= 0.6 is 24.0 Å². The van der Waals surface area contributed by atoms with Crippen molar-refractivity contribution in [1.29, 1.82) is 0 Å². The van der Waals surface area contributed by atoms with Crippen LogP contribution in [-0.4, -0.2) is 38.7 Å². The van der Waals surface area contributed by atoms with Gasteiger partial charge in [0.05, 0.1) is 4.91 Å². The normalized spacial score (nSPS) is 13.7. The molecular formula is C33H26N2O6S2. The van der Waals surface area contributed by atoms with E-state index >= 15 is 0 Å². The van der Waals surface area contributed by atoms with E-state index in [2.05, 4.69) is 5.32 Å². The second-order valence-corrected chi connectivity index (χ2v) is 11.1. The number of nitrogens with zero attached hydrogens (tertiary/aromatic N) is 1. The van der Waals surface area contributed by atoms with Crippen molar-refractivity contribution in [2.45, 2.75) is 13.2 Å². The molecule has 216 valence electrons. The number of carboxylic acids is 1. The van der Waals surface area contributed by atoms with Gasteiger partial charge in [0.2, 0.25) is 0 Å². The summed E-state index contributed by atoms with van der Waals surface area (Å²) in [5, 5.41) is 12.0. The molecule has 2 N–H and O–H groups in total. The zero-order valence-corrected chi connectivity index (χ0v) is 24.4. The Kier molecular flexibility index (Phi) is 9.50. The van der Waals surface area contributed by atoms with Crippen LogP contribution in [0.5, 0.6) is 11.5 Å². The monoisotopic (exact) mass is 610 g/mol. The SMILES string of the molecule is O=C(O)CN1C(=O)C(=Cc2ccc(OCc3ccccc3)c(OCc3ccccc3C(=O)Nc3ccccc3)c2)SC1=S. The molecule has 0 atom stereocenters. The summed E-state index contributed by atoms with van der Waals surface area (Å²) in [6.45, 7) is -0.120. The van der Waals surface area contributed by atoms with Crippen molar-refractivity contribution in [2.75, 3.05) is 11.9 Å². The molecule has 5 rings (SSSR count). The Bertz CT molecular complexity index is 1690. The number of thiocarbonyl (C=S) groups is 1. The Hall–Kier alpha value is -4.93. The zero-order valence-electron chi connectivity index (χ0n) is 22.8. The Labute approximate surface area is 257 Å². The van der Waals surface area contributed by atoms with Crippen LogP contribution in [0.1, 0.15) is 27.0 Å². The van der Waals surface area contributed by atoms with Crippen molar-refractivity contribution in [3.63, 3.8) is 0 Å². The maximum Gasteiger partial charge on any atom is 0.323 e. The summed E-state index contributed by atoms with van der Waals surface area (Å²) < 4.78 is 12.5. The van der Waals surface area contributed by atoms with E-state index in [1.807, 2.05) is 72.8 Å². The number of rotatable bonds is 11. The lowest BCUT2D eigenvalue weighted by Gasteiger charge is -2.15. The Morgan fingerprint density at radius 2 is 1.53 bits per heavy atom. The summed E-state index contributed by atoms with van der Waals surface area (Å²) in [5.74, 6) is -0.994. The van der Waals surface area contributed by atoms with Crippen molar-refractivity contribution >= 4 is 57.8 Å². The molecule has 1 aliphatic rings. The predicted octanol–water partition coefficient (Wildman–Crippen LogP) is 6.38. The molecule has 1 heterocycles. The van der Waals surface area contributed by atoms with Gasteiger partial charge in [0, 0.05) is 16.8 Å². The summed E-state index contributed by atoms with van der Waals surface area (Å²) in [4.78, 5) is 38.4. The number of thioether (sulfide) groups is 1. The average Bonchev–Trinajstić information content (AvgIpc) is 3.27. The van der Waals surface area contributed by atoms with Gasteiger partial charge in [-0.05, 0) is 47.5 Å². The van der Waals surface area contributed by atoms with E-state index in [0.717, 1.165) is 22.2 Å². The van der Waals surface area contributed by atoms with Crippen molar-refractivity contribution in [3.8, 4) is 11.5 Å². The Morgan fingerprint density at radius 1 is 0.860 bits per heavy atom. The van der Waals surface area contributed by atoms with Gasteiger partial charge in [0.1, 0.15) is 24.1 Å². The summed E-state index contributed by atoms with van der Waals surface area (Å²) in [7, 11) is 0. The van der Waals surface area contributed by atoms with Crippen LogP contribution in [-0.2, 0) is 22.8 Å². The molecule has 8 nitrogen and oxygen atoms in total. The van der Waals surface area contributed by atoms with Crippen LogP contribution in [0, 0.1) is 0 Å². The minimum absolute atomic E-state index is 0.0737. The standard InChI is InChI=1S/C33H26N2O6S2/c36-30(37)19-35-32(39)29(43-33(35)42)18-23-15-16-27(40-20-22-9-3-1-4-10-22)28(17-23)41-21-24-11-7-8-14-26(24)31(38)34-25-12-5-2-6-13-25/h1-18H,19-21H2,(H,34,38)(H,36,37). The third-order valence-electron chi connectivity index (χ3n) is 6.35. The predicted molar refractivity (Wildman–Crippen MR) is 170 cm³/mol. The second-order valence-electron chi connectivity index (χ2n) is 9.41. The largest absolute Gasteiger partial charge is 0.485 e. The highest BCUT2D eigenvalue weighted by Gasteiger charge is 2.33. The number of para-hydroxylation sites is 1. The highest BCUT2D eigenvalue weighted by molar-refractivity contribution is 8.26.